The minimum absolute atomic E-state index is 0. The molecule has 1 N–H and O–H groups in total. The minimum Gasteiger partial charge on any atom is -0.569 e. The van der Waals surface area contributed by atoms with Crippen molar-refractivity contribution in [2.75, 3.05) is 0 Å². The molecule has 0 saturated heterocycles. The normalized spacial score (nSPS) is 23.4. The van der Waals surface area contributed by atoms with Gasteiger partial charge in [0.2, 0.25) is 0 Å². The smallest absolute Gasteiger partial charge is 0.569 e. The van der Waals surface area contributed by atoms with Gasteiger partial charge in [-0.15, -0.1) is 0 Å². The van der Waals surface area contributed by atoms with Crippen molar-refractivity contribution in [2.45, 2.75) is 19.8 Å². The van der Waals surface area contributed by atoms with E-state index in [-0.39, 0.29) is 81.2 Å². The van der Waals surface area contributed by atoms with Crippen molar-refractivity contribution in [3.8, 4) is 0 Å². The van der Waals surface area contributed by atoms with E-state index in [0.29, 0.717) is 12.8 Å². The SMILES string of the molecule is CC1CC(=O)C([C-]=O)=C(O)C1.[Rb+]. The molecular formula is C8H9O3Rb. The third-order valence-corrected chi connectivity index (χ3v) is 1.75. The maximum atomic E-state index is 11.0. The molecule has 0 aromatic rings. The number of allylic oxidation sites excluding steroid dienone is 2. The summed E-state index contributed by atoms with van der Waals surface area (Å²) >= 11 is 0. The molecule has 4 heteroatoms. The van der Waals surface area contributed by atoms with E-state index in [2.05, 4.69) is 0 Å². The summed E-state index contributed by atoms with van der Waals surface area (Å²) in [5, 5.41) is 9.11. The second-order valence-electron chi connectivity index (χ2n) is 2.86. The Kier molecular flexibility index (Phi) is 5.73. The fourth-order valence-electron chi connectivity index (χ4n) is 1.20. The van der Waals surface area contributed by atoms with Crippen LogP contribution in [0.5, 0.6) is 0 Å². The van der Waals surface area contributed by atoms with Crippen LogP contribution >= 0.6 is 0 Å². The van der Waals surface area contributed by atoms with E-state index in [1.54, 1.807) is 0 Å². The Morgan fingerprint density at radius 3 is 2.50 bits per heavy atom. The fourth-order valence-corrected chi connectivity index (χ4v) is 1.20. The molecule has 60 valence electrons. The van der Waals surface area contributed by atoms with Gasteiger partial charge in [0.15, 0.2) is 0 Å². The third kappa shape index (κ3) is 2.87. The van der Waals surface area contributed by atoms with Crippen molar-refractivity contribution in [3.05, 3.63) is 11.3 Å². The first-order chi connectivity index (χ1) is 5.15. The molecule has 1 unspecified atom stereocenters. The maximum absolute atomic E-state index is 11.0. The summed E-state index contributed by atoms with van der Waals surface area (Å²) in [7, 11) is 0. The first-order valence-electron chi connectivity index (χ1n) is 3.48. The molecule has 1 atom stereocenters. The van der Waals surface area contributed by atoms with Gasteiger partial charge >= 0.3 is 58.2 Å². The van der Waals surface area contributed by atoms with Gasteiger partial charge in [-0.3, -0.25) is 0 Å². The van der Waals surface area contributed by atoms with Crippen LogP contribution in [-0.4, -0.2) is 17.2 Å². The van der Waals surface area contributed by atoms with Crippen LogP contribution in [0.1, 0.15) is 19.8 Å². The summed E-state index contributed by atoms with van der Waals surface area (Å²) in [5.41, 5.74) is -0.164. The summed E-state index contributed by atoms with van der Waals surface area (Å²) in [5.74, 6) is -0.264. The number of rotatable bonds is 1. The number of hydrogen-bond acceptors (Lipinski definition) is 3. The topological polar surface area (TPSA) is 54.4 Å². The van der Waals surface area contributed by atoms with Gasteiger partial charge in [-0.25, -0.2) is 0 Å². The summed E-state index contributed by atoms with van der Waals surface area (Å²) < 4.78 is 0. The quantitative estimate of drug-likeness (QED) is 0.421. The molecule has 1 rings (SSSR count). The molecule has 3 nitrogen and oxygen atoms in total. The minimum atomic E-state index is -0.295. The van der Waals surface area contributed by atoms with Crippen LogP contribution in [0, 0.1) is 5.92 Å². The average Bonchev–Trinajstić information content (AvgIpc) is 1.85. The number of carbonyl (C=O) groups excluding carboxylic acids is 2. The Balaban J connectivity index is 0.00000121. The second kappa shape index (κ2) is 5.42. The summed E-state index contributed by atoms with van der Waals surface area (Å²) in [4.78, 5) is 21.1. The monoisotopic (exact) mass is 238 g/mol. The second-order valence-corrected chi connectivity index (χ2v) is 2.86. The zero-order chi connectivity index (χ0) is 8.43. The van der Waals surface area contributed by atoms with Gasteiger partial charge in [-0.2, -0.15) is 0 Å². The Bertz CT molecular complexity index is 232. The van der Waals surface area contributed by atoms with Gasteiger partial charge in [0.05, 0.1) is 12.1 Å². The van der Waals surface area contributed by atoms with Crippen molar-refractivity contribution in [2.24, 2.45) is 5.92 Å². The van der Waals surface area contributed by atoms with Crippen LogP contribution in [0.2, 0.25) is 0 Å². The van der Waals surface area contributed by atoms with E-state index in [1.807, 2.05) is 6.92 Å². The summed E-state index contributed by atoms with van der Waals surface area (Å²) in [6.45, 7) is 1.86. The zero-order valence-electron chi connectivity index (χ0n) is 7.26. The van der Waals surface area contributed by atoms with Crippen molar-refractivity contribution >= 4 is 12.1 Å². The number of carbonyl (C=O) groups is 1. The Labute approximate surface area is 120 Å². The van der Waals surface area contributed by atoms with Crippen LogP contribution in [0.25, 0.3) is 0 Å². The van der Waals surface area contributed by atoms with Gasteiger partial charge in [0, 0.05) is 0 Å². The molecule has 0 aromatic carbocycles. The van der Waals surface area contributed by atoms with Crippen LogP contribution in [0.4, 0.5) is 0 Å². The molecule has 0 radical (unpaired) electrons. The van der Waals surface area contributed by atoms with E-state index in [9.17, 15) is 9.59 Å². The first-order valence-corrected chi connectivity index (χ1v) is 3.48. The van der Waals surface area contributed by atoms with E-state index in [1.165, 1.54) is 6.29 Å². The Morgan fingerprint density at radius 2 is 2.08 bits per heavy atom. The molecule has 0 heterocycles. The Hall–Kier alpha value is 0.685. The van der Waals surface area contributed by atoms with Crippen LogP contribution in [-0.2, 0) is 9.59 Å². The predicted octanol–water partition coefficient (Wildman–Crippen LogP) is -2.09. The van der Waals surface area contributed by atoms with E-state index in [4.69, 9.17) is 5.11 Å². The molecule has 0 bridgehead atoms. The number of aliphatic hydroxyl groups is 1. The standard InChI is InChI=1S/C8H9O3.Rb/c1-5-2-7(10)6(4-9)8(11)3-5;/h5,10H,2-3H2,1H3;/q-1;+1. The summed E-state index contributed by atoms with van der Waals surface area (Å²) in [6.07, 6.45) is 2.21. The first kappa shape index (κ1) is 12.7. The van der Waals surface area contributed by atoms with Gasteiger partial charge in [-0.05, 0) is 18.6 Å². The van der Waals surface area contributed by atoms with Gasteiger partial charge in [-0.1, -0.05) is 18.4 Å². The van der Waals surface area contributed by atoms with Crippen molar-refractivity contribution in [3.63, 3.8) is 0 Å². The van der Waals surface area contributed by atoms with E-state index >= 15 is 0 Å². The average molecular weight is 239 g/mol. The molecule has 0 spiro atoms. The molecule has 0 aliphatic heterocycles. The summed E-state index contributed by atoms with van der Waals surface area (Å²) in [6, 6.07) is 0. The van der Waals surface area contributed by atoms with Crippen LogP contribution in [0.15, 0.2) is 11.3 Å². The van der Waals surface area contributed by atoms with Crippen molar-refractivity contribution in [1.29, 1.82) is 0 Å². The van der Waals surface area contributed by atoms with Gasteiger partial charge in [0.25, 0.3) is 0 Å². The third-order valence-electron chi connectivity index (χ3n) is 1.75. The number of aliphatic hydroxyl groups excluding tert-OH is 1. The fraction of sp³-hybridized carbons (Fsp3) is 0.500. The molecule has 0 fully saturated rings. The molecular weight excluding hydrogens is 230 g/mol. The van der Waals surface area contributed by atoms with Crippen molar-refractivity contribution in [1.82, 2.24) is 0 Å². The molecule has 0 saturated carbocycles. The number of ketones is 1. The zero-order valence-corrected chi connectivity index (χ0v) is 12.2. The van der Waals surface area contributed by atoms with Gasteiger partial charge in [0.1, 0.15) is 0 Å². The Morgan fingerprint density at radius 1 is 1.50 bits per heavy atom. The van der Waals surface area contributed by atoms with Crippen LogP contribution in [0.3, 0.4) is 0 Å². The van der Waals surface area contributed by atoms with E-state index < -0.39 is 0 Å². The molecule has 0 aromatic heterocycles. The van der Waals surface area contributed by atoms with Crippen molar-refractivity contribution < 1.29 is 72.9 Å². The van der Waals surface area contributed by atoms with E-state index in [0.717, 1.165) is 0 Å². The van der Waals surface area contributed by atoms with Gasteiger partial charge < -0.3 is 14.7 Å². The number of hydrogen-bond donors (Lipinski definition) is 1. The molecule has 0 amide bonds. The molecule has 12 heavy (non-hydrogen) atoms. The number of Topliss-reactive ketones (excluding diaryl/α,β-unsaturated/α-hetero) is 1. The van der Waals surface area contributed by atoms with Crippen LogP contribution < -0.4 is 58.2 Å². The largest absolute Gasteiger partial charge is 1.00 e. The maximum Gasteiger partial charge on any atom is 1.00 e. The predicted molar refractivity (Wildman–Crippen MR) is 38.8 cm³/mol. The molecule has 1 aliphatic carbocycles. The molecule has 1 aliphatic rings.